The fourth-order valence-electron chi connectivity index (χ4n) is 15.6. The predicted molar refractivity (Wildman–Crippen MR) is 514 cm³/mol. The minimum Gasteiger partial charge on any atom is -0.310 e. The van der Waals surface area contributed by atoms with Gasteiger partial charge in [0.15, 0.2) is 0 Å². The third-order valence-electron chi connectivity index (χ3n) is 21.8. The van der Waals surface area contributed by atoms with Crippen molar-refractivity contribution < 1.29 is 60.3 Å². The Kier molecular flexibility index (Phi) is 29.5. The van der Waals surface area contributed by atoms with Gasteiger partial charge in [0.2, 0.25) is 0 Å². The summed E-state index contributed by atoms with van der Waals surface area (Å²) in [4.78, 5) is 26.8. The number of fused-ring (bicyclic) bond motifs is 9. The van der Waals surface area contributed by atoms with Gasteiger partial charge in [-0.25, -0.2) is 0 Å². The molecule has 14 aromatic carbocycles. The van der Waals surface area contributed by atoms with Crippen molar-refractivity contribution in [1.82, 2.24) is 43.6 Å². The number of para-hydroxylation sites is 6. The van der Waals surface area contributed by atoms with Crippen LogP contribution >= 0.6 is 0 Å². The first kappa shape index (κ1) is 88.2. The summed E-state index contributed by atoms with van der Waals surface area (Å²) in [6.45, 7) is 4.17. The first-order valence-electron chi connectivity index (χ1n) is 41.5. The molecule has 0 unspecified atom stereocenters. The van der Waals surface area contributed by atoms with E-state index in [1.165, 1.54) is 98.8 Å². The molecule has 0 amide bonds. The van der Waals surface area contributed by atoms with Gasteiger partial charge in [-0.05, 0) is 143 Å². The topological polar surface area (TPSA) is 92.1 Å². The molecule has 9 nitrogen and oxygen atoms in total. The van der Waals surface area contributed by atoms with Gasteiger partial charge in [-0.3, -0.25) is 0 Å². The van der Waals surface area contributed by atoms with Crippen LogP contribution in [0.3, 0.4) is 0 Å². The monoisotopic (exact) mass is 2180 g/mol. The molecular formula is C116H81Ir3N9-6. The first-order chi connectivity index (χ1) is 61.9. The molecule has 12 heteroatoms. The van der Waals surface area contributed by atoms with E-state index in [4.69, 9.17) is 0 Å². The summed E-state index contributed by atoms with van der Waals surface area (Å²) in [5, 5.41) is 7.60. The van der Waals surface area contributed by atoms with Crippen molar-refractivity contribution in [3.63, 3.8) is 0 Å². The van der Waals surface area contributed by atoms with Crippen LogP contribution in [0, 0.1) is 50.2 Å². The first-order valence-corrected chi connectivity index (χ1v) is 41.5. The molecule has 0 atom stereocenters. The number of hydrogen-bond acceptors (Lipinski definition) is 6. The zero-order valence-corrected chi connectivity index (χ0v) is 77.0. The van der Waals surface area contributed by atoms with Crippen LogP contribution in [0.15, 0.2) is 456 Å². The van der Waals surface area contributed by atoms with Crippen molar-refractivity contribution in [3.05, 3.63) is 503 Å². The summed E-state index contributed by atoms with van der Waals surface area (Å²) in [5.41, 5.74) is 29.6. The minimum atomic E-state index is 0. The molecule has 9 heterocycles. The molecule has 0 saturated carbocycles. The standard InChI is InChI=1S/3C23H15N2.2C17H12N.C13H12N.3Ir/c3*1-2-8-17(9-3-1)21-16-18(14-15-24-21)25-22-12-6-4-10-19(22)20-11-5-7-13-23(20)25;2*1-3-7-14(8-4-1)16-11-12-18-17(13-16)15-9-5-2-6-10-15;1-10-8-13(14-9-11(10)2)12-6-4-3-5-7-12;;;/h3*1-8,10-16H;2*1-9,11-13H;3-6,8-9H,1-2H3;;;/q6*-1;;;. The molecule has 0 N–H and O–H groups in total. The Morgan fingerprint density at radius 3 is 0.648 bits per heavy atom. The molecule has 0 aliphatic rings. The molecule has 0 spiro atoms. The Morgan fingerprint density at radius 2 is 0.406 bits per heavy atom. The van der Waals surface area contributed by atoms with Gasteiger partial charge in [0.25, 0.3) is 0 Å². The molecule has 3 radical (unpaired) electrons. The van der Waals surface area contributed by atoms with E-state index >= 15 is 0 Å². The van der Waals surface area contributed by atoms with E-state index in [-0.39, 0.29) is 60.3 Å². The maximum Gasteiger partial charge on any atom is 0.0540 e. The molecule has 0 bridgehead atoms. The number of aryl methyl sites for hydroxylation is 2. The number of aromatic nitrogens is 9. The van der Waals surface area contributed by atoms with Gasteiger partial charge in [0, 0.05) is 147 Å². The fraction of sp³-hybridized carbons (Fsp3) is 0.0172. The molecular weight excluding hydrogens is 2100 g/mol. The molecule has 0 aliphatic heterocycles. The van der Waals surface area contributed by atoms with Crippen LogP contribution < -0.4 is 0 Å². The van der Waals surface area contributed by atoms with E-state index in [0.29, 0.717) is 0 Å². The Morgan fingerprint density at radius 1 is 0.188 bits per heavy atom. The quantitative estimate of drug-likeness (QED) is 0.120. The Bertz CT molecular complexity index is 6700. The molecule has 0 aliphatic carbocycles. The van der Waals surface area contributed by atoms with Crippen molar-refractivity contribution in [2.24, 2.45) is 0 Å². The van der Waals surface area contributed by atoms with Crippen LogP contribution in [0.4, 0.5) is 0 Å². The second-order valence-electron chi connectivity index (χ2n) is 29.7. The van der Waals surface area contributed by atoms with E-state index in [1.54, 1.807) is 0 Å². The van der Waals surface area contributed by atoms with Gasteiger partial charge in [-0.2, -0.15) is 0 Å². The van der Waals surface area contributed by atoms with Crippen LogP contribution in [0.1, 0.15) is 11.1 Å². The van der Waals surface area contributed by atoms with Crippen molar-refractivity contribution >= 4 is 65.4 Å². The van der Waals surface area contributed by atoms with Crippen molar-refractivity contribution in [3.8, 4) is 107 Å². The zero-order chi connectivity index (χ0) is 84.3. The van der Waals surface area contributed by atoms with Crippen molar-refractivity contribution in [2.75, 3.05) is 0 Å². The number of rotatable bonds is 11. The second kappa shape index (κ2) is 42.8. The Balaban J connectivity index is 0.000000119. The van der Waals surface area contributed by atoms with E-state index < -0.39 is 0 Å². The summed E-state index contributed by atoms with van der Waals surface area (Å²) >= 11 is 0. The summed E-state index contributed by atoms with van der Waals surface area (Å²) in [7, 11) is 0. The van der Waals surface area contributed by atoms with E-state index in [2.05, 4.69) is 318 Å². The second-order valence-corrected chi connectivity index (χ2v) is 29.7. The molecule has 23 aromatic rings. The third-order valence-corrected chi connectivity index (χ3v) is 21.8. The smallest absolute Gasteiger partial charge is 0.0540 e. The number of benzene rings is 14. The normalized spacial score (nSPS) is 10.5. The maximum absolute atomic E-state index is 4.54. The van der Waals surface area contributed by atoms with Gasteiger partial charge < -0.3 is 43.6 Å². The molecule has 23 rings (SSSR count). The van der Waals surface area contributed by atoms with Gasteiger partial charge in [-0.1, -0.05) is 212 Å². The van der Waals surface area contributed by atoms with Crippen LogP contribution in [-0.4, -0.2) is 43.6 Å². The summed E-state index contributed by atoms with van der Waals surface area (Å²) in [6.07, 6.45) is 11.2. The van der Waals surface area contributed by atoms with E-state index in [1.807, 2.05) is 231 Å². The number of nitrogens with zero attached hydrogens (tertiary/aromatic N) is 9. The molecule has 623 valence electrons. The predicted octanol–water partition coefficient (Wildman–Crippen LogP) is 28.5. The number of hydrogen-bond donors (Lipinski definition) is 0. The summed E-state index contributed by atoms with van der Waals surface area (Å²) < 4.78 is 6.91. The summed E-state index contributed by atoms with van der Waals surface area (Å²) in [6, 6.07) is 162. The van der Waals surface area contributed by atoms with Crippen LogP contribution in [0.25, 0.3) is 172 Å². The van der Waals surface area contributed by atoms with Gasteiger partial charge in [-0.15, -0.1) is 215 Å². The van der Waals surface area contributed by atoms with Crippen LogP contribution in [0.5, 0.6) is 0 Å². The maximum atomic E-state index is 4.54. The molecule has 0 saturated heterocycles. The van der Waals surface area contributed by atoms with Gasteiger partial charge in [0.05, 0.1) is 33.1 Å². The minimum absolute atomic E-state index is 0. The number of pyridine rings is 6. The fourth-order valence-corrected chi connectivity index (χ4v) is 15.6. The van der Waals surface area contributed by atoms with Crippen LogP contribution in [0.2, 0.25) is 0 Å². The van der Waals surface area contributed by atoms with Crippen LogP contribution in [-0.2, 0) is 60.3 Å². The average molecular weight is 2180 g/mol. The van der Waals surface area contributed by atoms with Crippen molar-refractivity contribution in [2.45, 2.75) is 13.8 Å². The largest absolute Gasteiger partial charge is 0.310 e. The Hall–Kier alpha value is -14.7. The molecule has 9 aromatic heterocycles. The van der Waals surface area contributed by atoms with Gasteiger partial charge >= 0.3 is 0 Å². The average Bonchev–Trinajstić information content (AvgIpc) is 1.61. The summed E-state index contributed by atoms with van der Waals surface area (Å²) in [5.74, 6) is 0. The molecule has 128 heavy (non-hydrogen) atoms. The zero-order valence-electron chi connectivity index (χ0n) is 69.8. The van der Waals surface area contributed by atoms with Crippen molar-refractivity contribution in [1.29, 1.82) is 0 Å². The van der Waals surface area contributed by atoms with E-state index in [9.17, 15) is 0 Å². The molecule has 0 fully saturated rings. The van der Waals surface area contributed by atoms with Gasteiger partial charge in [0.1, 0.15) is 0 Å². The van der Waals surface area contributed by atoms with E-state index in [0.717, 1.165) is 84.6 Å². The Labute approximate surface area is 786 Å². The SMILES string of the molecule is Cc1cnc(-c2[c-]cccc2)cc1C.[Ir].[Ir].[Ir].[c-]1ccccc1-c1cc(-c2ccccc2)ccn1.[c-]1ccccc1-c1cc(-c2ccccc2)ccn1.[c-]1ccccc1-c1cc(-n2c3ccccc3c3ccccc32)ccn1.[c-]1ccccc1-c1cc(-n2c3ccccc3c3ccccc32)ccn1.[c-]1ccccc1-c1cc(-n2c3ccccc3c3ccccc32)ccn1. The third kappa shape index (κ3) is 20.3.